The van der Waals surface area contributed by atoms with E-state index in [9.17, 15) is 15.3 Å². The van der Waals surface area contributed by atoms with Crippen LogP contribution in [0.2, 0.25) is 0 Å². The molecule has 0 heterocycles. The molecule has 4 aliphatic rings. The van der Waals surface area contributed by atoms with Crippen molar-refractivity contribution < 1.29 is 15.3 Å². The third-order valence-corrected chi connectivity index (χ3v) is 7.87. The monoisotopic (exact) mass is 410 g/mol. The molecule has 164 valence electrons. The second-order valence-corrected chi connectivity index (χ2v) is 11.0. The molecule has 0 amide bonds. The van der Waals surface area contributed by atoms with Crippen LogP contribution >= 0.6 is 0 Å². The highest BCUT2D eigenvalue weighted by Crippen LogP contribution is 2.67. The highest BCUT2D eigenvalue weighted by Gasteiger charge is 2.56. The van der Waals surface area contributed by atoms with E-state index < -0.39 is 17.8 Å². The van der Waals surface area contributed by atoms with E-state index in [1.807, 2.05) is 0 Å². The first-order chi connectivity index (χ1) is 14.1. The van der Waals surface area contributed by atoms with E-state index in [-0.39, 0.29) is 10.8 Å². The molecule has 0 unspecified atom stereocenters. The first kappa shape index (κ1) is 21.9. The van der Waals surface area contributed by atoms with Crippen LogP contribution in [-0.2, 0) is 0 Å². The number of hydrogen-bond donors (Lipinski definition) is 3. The van der Waals surface area contributed by atoms with Gasteiger partial charge in [0, 0.05) is 11.8 Å². The average Bonchev–Trinajstić information content (AvgIpc) is 3.31. The van der Waals surface area contributed by atoms with E-state index in [2.05, 4.69) is 37.0 Å². The van der Waals surface area contributed by atoms with Crippen LogP contribution in [0, 0.1) is 28.6 Å². The Morgan fingerprint density at radius 2 is 1.83 bits per heavy atom. The predicted octanol–water partition coefficient (Wildman–Crippen LogP) is 4.83. The van der Waals surface area contributed by atoms with Crippen molar-refractivity contribution >= 4 is 0 Å². The lowest BCUT2D eigenvalue weighted by Gasteiger charge is -2.43. The zero-order valence-electron chi connectivity index (χ0n) is 18.9. The maximum absolute atomic E-state index is 9.97. The summed E-state index contributed by atoms with van der Waals surface area (Å²) in [7, 11) is 0. The van der Waals surface area contributed by atoms with Crippen molar-refractivity contribution in [3.63, 3.8) is 0 Å². The summed E-state index contributed by atoms with van der Waals surface area (Å²) >= 11 is 0. The Morgan fingerprint density at radius 1 is 1.13 bits per heavy atom. The summed E-state index contributed by atoms with van der Waals surface area (Å²) in [4.78, 5) is 0. The number of fused-ring (bicyclic) bond motifs is 1. The number of aliphatic hydroxyl groups excluding tert-OH is 2. The molecule has 3 saturated carbocycles. The SMILES string of the molecule is CC(C)(O)C#CCC1(C2=CC[C@H]3/C(=C/C=C4C[C@@H](O)C[C@H](O)C4)CCC[C@]23C)CC1. The summed E-state index contributed by atoms with van der Waals surface area (Å²) in [5, 5.41) is 29.9. The Bertz CT molecular complexity index is 812. The molecule has 0 aromatic heterocycles. The number of aliphatic hydroxyl groups is 3. The van der Waals surface area contributed by atoms with Crippen LogP contribution in [-0.4, -0.2) is 33.1 Å². The molecule has 3 fully saturated rings. The van der Waals surface area contributed by atoms with Gasteiger partial charge in [0.25, 0.3) is 0 Å². The minimum Gasteiger partial charge on any atom is -0.393 e. The highest BCUT2D eigenvalue weighted by atomic mass is 16.3. The molecule has 4 aliphatic carbocycles. The van der Waals surface area contributed by atoms with Gasteiger partial charge in [-0.2, -0.15) is 0 Å². The molecule has 30 heavy (non-hydrogen) atoms. The van der Waals surface area contributed by atoms with Crippen LogP contribution in [0.5, 0.6) is 0 Å². The minimum atomic E-state index is -0.916. The molecule has 3 N–H and O–H groups in total. The summed E-state index contributed by atoms with van der Waals surface area (Å²) < 4.78 is 0. The molecule has 0 bridgehead atoms. The molecule has 0 spiro atoms. The summed E-state index contributed by atoms with van der Waals surface area (Å²) in [5.74, 6) is 6.88. The van der Waals surface area contributed by atoms with Crippen molar-refractivity contribution in [1.82, 2.24) is 0 Å². The molecule has 0 aromatic carbocycles. The average molecular weight is 411 g/mol. The Kier molecular flexibility index (Phi) is 5.81. The minimum absolute atomic E-state index is 0.223. The summed E-state index contributed by atoms with van der Waals surface area (Å²) in [6.45, 7) is 5.97. The van der Waals surface area contributed by atoms with Gasteiger partial charge in [0.05, 0.1) is 12.2 Å². The topological polar surface area (TPSA) is 60.7 Å². The van der Waals surface area contributed by atoms with Crippen LogP contribution in [0.25, 0.3) is 0 Å². The standard InChI is InChI=1S/C27H38O3/c1-25(2,30)11-5-13-27(14-15-27)24-10-9-23-20(6-4-12-26(23,24)3)8-7-19-16-21(28)18-22(29)17-19/h7-8,10,21-23,28-30H,4,6,9,12-18H2,1-3H3/b20-8+/t21-,22-,23+,26+/m1/s1. The lowest BCUT2D eigenvalue weighted by molar-refractivity contribution is 0.0609. The largest absolute Gasteiger partial charge is 0.393 e. The van der Waals surface area contributed by atoms with Crippen LogP contribution in [0.4, 0.5) is 0 Å². The lowest BCUT2D eigenvalue weighted by atomic mass is 9.61. The van der Waals surface area contributed by atoms with Crippen LogP contribution in [0.1, 0.15) is 85.0 Å². The predicted molar refractivity (Wildman–Crippen MR) is 121 cm³/mol. The fourth-order valence-electron chi connectivity index (χ4n) is 6.29. The van der Waals surface area contributed by atoms with Crippen LogP contribution in [0.15, 0.2) is 34.9 Å². The van der Waals surface area contributed by atoms with Crippen molar-refractivity contribution in [2.24, 2.45) is 16.7 Å². The molecule has 0 aliphatic heterocycles. The lowest BCUT2D eigenvalue weighted by Crippen LogP contribution is -2.33. The number of allylic oxidation sites excluding steroid dienone is 5. The van der Waals surface area contributed by atoms with E-state index in [1.54, 1.807) is 19.4 Å². The highest BCUT2D eigenvalue weighted by molar-refractivity contribution is 5.40. The third-order valence-electron chi connectivity index (χ3n) is 7.87. The van der Waals surface area contributed by atoms with Crippen LogP contribution < -0.4 is 0 Å². The molecule has 0 radical (unpaired) electrons. The fraction of sp³-hybridized carbons (Fsp3) is 0.704. The number of hydrogen-bond acceptors (Lipinski definition) is 3. The quantitative estimate of drug-likeness (QED) is 0.461. The van der Waals surface area contributed by atoms with Gasteiger partial charge in [-0.05, 0) is 83.0 Å². The molecule has 3 nitrogen and oxygen atoms in total. The molecular weight excluding hydrogens is 372 g/mol. The van der Waals surface area contributed by atoms with E-state index in [4.69, 9.17) is 0 Å². The van der Waals surface area contributed by atoms with Gasteiger partial charge in [-0.25, -0.2) is 0 Å². The Morgan fingerprint density at radius 3 is 2.47 bits per heavy atom. The molecule has 0 aromatic rings. The van der Waals surface area contributed by atoms with Crippen molar-refractivity contribution in [2.45, 2.75) is 103 Å². The van der Waals surface area contributed by atoms with Crippen molar-refractivity contribution in [3.8, 4) is 11.8 Å². The van der Waals surface area contributed by atoms with Crippen molar-refractivity contribution in [2.75, 3.05) is 0 Å². The fourth-order valence-corrected chi connectivity index (χ4v) is 6.29. The summed E-state index contributed by atoms with van der Waals surface area (Å²) in [6.07, 6.45) is 16.1. The molecule has 4 rings (SSSR count). The smallest absolute Gasteiger partial charge is 0.119 e. The van der Waals surface area contributed by atoms with Gasteiger partial charge in [-0.15, -0.1) is 0 Å². The Balaban J connectivity index is 1.51. The summed E-state index contributed by atoms with van der Waals surface area (Å²) in [6, 6.07) is 0. The van der Waals surface area contributed by atoms with E-state index in [0.29, 0.717) is 25.2 Å². The third kappa shape index (κ3) is 4.47. The molecular formula is C27H38O3. The van der Waals surface area contributed by atoms with Gasteiger partial charge in [0.2, 0.25) is 0 Å². The van der Waals surface area contributed by atoms with Crippen molar-refractivity contribution in [1.29, 1.82) is 0 Å². The van der Waals surface area contributed by atoms with Crippen molar-refractivity contribution in [3.05, 3.63) is 34.9 Å². The maximum atomic E-state index is 9.97. The van der Waals surface area contributed by atoms with Gasteiger partial charge in [-0.3, -0.25) is 0 Å². The van der Waals surface area contributed by atoms with Gasteiger partial charge in [0.1, 0.15) is 5.60 Å². The summed E-state index contributed by atoms with van der Waals surface area (Å²) in [5.41, 5.74) is 3.89. The van der Waals surface area contributed by atoms with E-state index in [1.165, 1.54) is 36.8 Å². The van der Waals surface area contributed by atoms with Gasteiger partial charge < -0.3 is 15.3 Å². The normalized spacial score (nSPS) is 36.6. The molecule has 0 saturated heterocycles. The zero-order valence-corrected chi connectivity index (χ0v) is 18.9. The van der Waals surface area contributed by atoms with E-state index in [0.717, 1.165) is 19.3 Å². The van der Waals surface area contributed by atoms with Gasteiger partial charge in [-0.1, -0.05) is 53.7 Å². The maximum Gasteiger partial charge on any atom is 0.119 e. The first-order valence-electron chi connectivity index (χ1n) is 11.8. The Hall–Kier alpha value is -1.34. The second kappa shape index (κ2) is 7.97. The van der Waals surface area contributed by atoms with Gasteiger partial charge >= 0.3 is 0 Å². The molecule has 4 atom stereocenters. The Labute approximate surface area is 182 Å². The molecule has 3 heteroatoms. The van der Waals surface area contributed by atoms with E-state index >= 15 is 0 Å². The number of rotatable bonds is 3. The van der Waals surface area contributed by atoms with Gasteiger partial charge in [0.15, 0.2) is 0 Å². The first-order valence-corrected chi connectivity index (χ1v) is 11.8. The second-order valence-electron chi connectivity index (χ2n) is 11.0. The van der Waals surface area contributed by atoms with Crippen LogP contribution in [0.3, 0.4) is 0 Å². The zero-order chi connectivity index (χ0) is 21.6.